The van der Waals surface area contributed by atoms with E-state index in [-0.39, 0.29) is 11.8 Å². The number of amides is 1. The lowest BCUT2D eigenvalue weighted by Gasteiger charge is -2.06. The predicted octanol–water partition coefficient (Wildman–Crippen LogP) is 3.20. The molecule has 0 spiro atoms. The molecule has 0 radical (unpaired) electrons. The first-order valence-electron chi connectivity index (χ1n) is 5.24. The second-order valence-electron chi connectivity index (χ2n) is 4.06. The molecule has 0 aliphatic heterocycles. The Morgan fingerprint density at radius 1 is 1.44 bits per heavy atom. The quantitative estimate of drug-likeness (QED) is 0.867. The van der Waals surface area contributed by atoms with Crippen molar-refractivity contribution in [2.75, 3.05) is 5.32 Å². The summed E-state index contributed by atoms with van der Waals surface area (Å²) in [5.74, 6) is 0.0412. The Morgan fingerprint density at radius 3 is 2.88 bits per heavy atom. The van der Waals surface area contributed by atoms with Crippen molar-refractivity contribution in [2.45, 2.75) is 20.8 Å². The lowest BCUT2D eigenvalue weighted by atomic mass is 10.2. The first kappa shape index (κ1) is 11.1. The van der Waals surface area contributed by atoms with E-state index in [1.165, 1.54) is 0 Å². The molecule has 2 aromatic rings. The zero-order valence-corrected chi connectivity index (χ0v) is 10.4. The average molecular weight is 234 g/mol. The monoisotopic (exact) mass is 234 g/mol. The Labute approximate surface area is 98.5 Å². The molecular formula is C12H14N2OS. The highest BCUT2D eigenvalue weighted by molar-refractivity contribution is 7.18. The maximum atomic E-state index is 11.5. The molecule has 1 aromatic carbocycles. The number of anilines is 1. The zero-order valence-electron chi connectivity index (χ0n) is 9.57. The fourth-order valence-electron chi connectivity index (χ4n) is 1.40. The van der Waals surface area contributed by atoms with Gasteiger partial charge in [-0.15, -0.1) is 11.3 Å². The maximum Gasteiger partial charge on any atom is 0.226 e. The van der Waals surface area contributed by atoms with Crippen LogP contribution in [-0.2, 0) is 4.79 Å². The number of carbonyl (C=O) groups excluding carboxylic acids is 1. The SMILES string of the molecule is Cc1nc2ccc(NC(=O)C(C)C)cc2s1. The average Bonchev–Trinajstić information content (AvgIpc) is 2.57. The smallest absolute Gasteiger partial charge is 0.226 e. The van der Waals surface area contributed by atoms with Gasteiger partial charge in [0.05, 0.1) is 15.2 Å². The van der Waals surface area contributed by atoms with Crippen LogP contribution in [0.1, 0.15) is 18.9 Å². The molecule has 0 saturated heterocycles. The van der Waals surface area contributed by atoms with Crippen LogP contribution in [0.2, 0.25) is 0 Å². The Kier molecular flexibility index (Phi) is 2.92. The van der Waals surface area contributed by atoms with Crippen molar-refractivity contribution in [3.05, 3.63) is 23.2 Å². The molecule has 1 N–H and O–H groups in total. The lowest BCUT2D eigenvalue weighted by Crippen LogP contribution is -2.17. The van der Waals surface area contributed by atoms with E-state index in [0.717, 1.165) is 20.9 Å². The third-order valence-electron chi connectivity index (χ3n) is 2.29. The van der Waals surface area contributed by atoms with E-state index in [1.807, 2.05) is 39.0 Å². The minimum Gasteiger partial charge on any atom is -0.326 e. The largest absolute Gasteiger partial charge is 0.326 e. The summed E-state index contributed by atoms with van der Waals surface area (Å²) in [6.07, 6.45) is 0. The summed E-state index contributed by atoms with van der Waals surface area (Å²) in [6, 6.07) is 5.80. The fourth-order valence-corrected chi connectivity index (χ4v) is 2.27. The van der Waals surface area contributed by atoms with Crippen LogP contribution in [0, 0.1) is 12.8 Å². The second kappa shape index (κ2) is 4.22. The highest BCUT2D eigenvalue weighted by Gasteiger charge is 2.08. The van der Waals surface area contributed by atoms with E-state index < -0.39 is 0 Å². The summed E-state index contributed by atoms with van der Waals surface area (Å²) >= 11 is 1.64. The number of fused-ring (bicyclic) bond motifs is 1. The van der Waals surface area contributed by atoms with Crippen LogP contribution in [0.25, 0.3) is 10.2 Å². The van der Waals surface area contributed by atoms with Crippen LogP contribution >= 0.6 is 11.3 Å². The van der Waals surface area contributed by atoms with Gasteiger partial charge in [0.25, 0.3) is 0 Å². The summed E-state index contributed by atoms with van der Waals surface area (Å²) in [4.78, 5) is 15.9. The lowest BCUT2D eigenvalue weighted by molar-refractivity contribution is -0.118. The topological polar surface area (TPSA) is 42.0 Å². The van der Waals surface area contributed by atoms with Crippen molar-refractivity contribution < 1.29 is 4.79 Å². The van der Waals surface area contributed by atoms with Gasteiger partial charge in [-0.2, -0.15) is 0 Å². The minimum absolute atomic E-state index is 0.00102. The summed E-state index contributed by atoms with van der Waals surface area (Å²) in [7, 11) is 0. The fraction of sp³-hybridized carbons (Fsp3) is 0.333. The van der Waals surface area contributed by atoms with E-state index in [1.54, 1.807) is 11.3 Å². The number of benzene rings is 1. The van der Waals surface area contributed by atoms with Crippen LogP contribution < -0.4 is 5.32 Å². The number of aryl methyl sites for hydroxylation is 1. The molecule has 2 rings (SSSR count). The molecule has 0 aliphatic rings. The van der Waals surface area contributed by atoms with Gasteiger partial charge >= 0.3 is 0 Å². The Balaban J connectivity index is 2.29. The summed E-state index contributed by atoms with van der Waals surface area (Å²) < 4.78 is 1.11. The molecule has 0 bridgehead atoms. The number of rotatable bonds is 2. The third kappa shape index (κ3) is 2.22. The van der Waals surface area contributed by atoms with E-state index in [2.05, 4.69) is 10.3 Å². The van der Waals surface area contributed by atoms with Gasteiger partial charge in [-0.1, -0.05) is 13.8 Å². The number of hydrogen-bond donors (Lipinski definition) is 1. The molecule has 0 fully saturated rings. The van der Waals surface area contributed by atoms with E-state index in [0.29, 0.717) is 0 Å². The molecular weight excluding hydrogens is 220 g/mol. The van der Waals surface area contributed by atoms with Crippen molar-refractivity contribution in [1.29, 1.82) is 0 Å². The summed E-state index contributed by atoms with van der Waals surface area (Å²) in [5, 5.41) is 3.93. The number of thiazole rings is 1. The number of hydrogen-bond acceptors (Lipinski definition) is 3. The number of nitrogens with one attached hydrogen (secondary N) is 1. The molecule has 1 amide bonds. The number of aromatic nitrogens is 1. The van der Waals surface area contributed by atoms with Crippen LogP contribution in [0.15, 0.2) is 18.2 Å². The second-order valence-corrected chi connectivity index (χ2v) is 5.29. The highest BCUT2D eigenvalue weighted by atomic mass is 32.1. The van der Waals surface area contributed by atoms with E-state index in [4.69, 9.17) is 0 Å². The molecule has 4 heteroatoms. The van der Waals surface area contributed by atoms with Crippen molar-refractivity contribution in [2.24, 2.45) is 5.92 Å². The Bertz CT molecular complexity index is 531. The molecule has 0 aliphatic carbocycles. The van der Waals surface area contributed by atoms with Gasteiger partial charge in [0, 0.05) is 11.6 Å². The van der Waals surface area contributed by atoms with Crippen molar-refractivity contribution in [1.82, 2.24) is 4.98 Å². The van der Waals surface area contributed by atoms with Gasteiger partial charge in [0.15, 0.2) is 0 Å². The summed E-state index contributed by atoms with van der Waals surface area (Å²) in [5.41, 5.74) is 1.83. The normalized spacial score (nSPS) is 11.0. The molecule has 0 unspecified atom stereocenters. The van der Waals surface area contributed by atoms with Gasteiger partial charge in [0.1, 0.15) is 0 Å². The number of carbonyl (C=O) groups is 1. The first-order chi connectivity index (χ1) is 7.56. The molecule has 16 heavy (non-hydrogen) atoms. The van der Waals surface area contributed by atoms with E-state index in [9.17, 15) is 4.79 Å². The molecule has 3 nitrogen and oxygen atoms in total. The van der Waals surface area contributed by atoms with Gasteiger partial charge in [-0.3, -0.25) is 4.79 Å². The van der Waals surface area contributed by atoms with Crippen LogP contribution in [-0.4, -0.2) is 10.9 Å². The van der Waals surface area contributed by atoms with Crippen LogP contribution in [0.3, 0.4) is 0 Å². The molecule has 84 valence electrons. The maximum absolute atomic E-state index is 11.5. The van der Waals surface area contributed by atoms with Crippen LogP contribution in [0.5, 0.6) is 0 Å². The number of nitrogens with zero attached hydrogens (tertiary/aromatic N) is 1. The zero-order chi connectivity index (χ0) is 11.7. The molecule has 1 heterocycles. The third-order valence-corrected chi connectivity index (χ3v) is 3.22. The van der Waals surface area contributed by atoms with Crippen molar-refractivity contribution in [3.63, 3.8) is 0 Å². The predicted molar refractivity (Wildman–Crippen MR) is 67.8 cm³/mol. The molecule has 0 atom stereocenters. The molecule has 1 aromatic heterocycles. The van der Waals surface area contributed by atoms with Crippen molar-refractivity contribution in [3.8, 4) is 0 Å². The summed E-state index contributed by atoms with van der Waals surface area (Å²) in [6.45, 7) is 5.74. The van der Waals surface area contributed by atoms with Crippen molar-refractivity contribution >= 4 is 33.1 Å². The van der Waals surface area contributed by atoms with Gasteiger partial charge in [-0.25, -0.2) is 4.98 Å². The highest BCUT2D eigenvalue weighted by Crippen LogP contribution is 2.24. The van der Waals surface area contributed by atoms with Gasteiger partial charge < -0.3 is 5.32 Å². The minimum atomic E-state index is -0.00102. The first-order valence-corrected chi connectivity index (χ1v) is 6.06. The van der Waals surface area contributed by atoms with Gasteiger partial charge in [0.2, 0.25) is 5.91 Å². The van der Waals surface area contributed by atoms with E-state index >= 15 is 0 Å². The molecule has 0 saturated carbocycles. The van der Waals surface area contributed by atoms with Gasteiger partial charge in [-0.05, 0) is 25.1 Å². The Morgan fingerprint density at radius 2 is 2.19 bits per heavy atom. The standard InChI is InChI=1S/C12H14N2OS/c1-7(2)12(15)14-9-4-5-10-11(6-9)16-8(3)13-10/h4-7H,1-3H3,(H,14,15). The Hall–Kier alpha value is -1.42. The van der Waals surface area contributed by atoms with Crippen LogP contribution in [0.4, 0.5) is 5.69 Å².